The van der Waals surface area contributed by atoms with E-state index in [0.717, 1.165) is 29.7 Å². The lowest BCUT2D eigenvalue weighted by Gasteiger charge is -2.17. The standard InChI is InChI=1S/C17H21BrN2/c1-19-17-9-5-15(6-10-17)13-20(2)12-11-14-3-7-16(18)8-4-14/h3-10,19H,11-13H2,1-2H3. The Bertz CT molecular complexity index is 520. The maximum Gasteiger partial charge on any atom is 0.0337 e. The number of hydrogen-bond acceptors (Lipinski definition) is 2. The number of anilines is 1. The summed E-state index contributed by atoms with van der Waals surface area (Å²) in [6.07, 6.45) is 1.08. The summed E-state index contributed by atoms with van der Waals surface area (Å²) in [5, 5.41) is 3.14. The lowest BCUT2D eigenvalue weighted by Crippen LogP contribution is -2.20. The molecule has 3 heteroatoms. The van der Waals surface area contributed by atoms with Gasteiger partial charge in [0, 0.05) is 30.3 Å². The third-order valence-electron chi connectivity index (χ3n) is 3.39. The van der Waals surface area contributed by atoms with Gasteiger partial charge in [0.25, 0.3) is 0 Å². The fourth-order valence-corrected chi connectivity index (χ4v) is 2.40. The third kappa shape index (κ3) is 4.66. The zero-order valence-electron chi connectivity index (χ0n) is 12.1. The molecule has 0 amide bonds. The largest absolute Gasteiger partial charge is 0.388 e. The molecule has 0 fully saturated rings. The molecule has 1 N–H and O–H groups in total. The molecule has 106 valence electrons. The number of nitrogens with one attached hydrogen (secondary N) is 1. The summed E-state index contributed by atoms with van der Waals surface area (Å²) in [6.45, 7) is 2.05. The van der Waals surface area contributed by atoms with E-state index in [4.69, 9.17) is 0 Å². The minimum Gasteiger partial charge on any atom is -0.388 e. The van der Waals surface area contributed by atoms with Crippen LogP contribution in [0.2, 0.25) is 0 Å². The Morgan fingerprint density at radius 2 is 1.55 bits per heavy atom. The van der Waals surface area contributed by atoms with Crippen molar-refractivity contribution in [3.63, 3.8) is 0 Å². The summed E-state index contributed by atoms with van der Waals surface area (Å²) >= 11 is 3.47. The van der Waals surface area contributed by atoms with Gasteiger partial charge in [0.15, 0.2) is 0 Å². The number of likely N-dealkylation sites (N-methyl/N-ethyl adjacent to an activating group) is 1. The molecule has 2 nitrogen and oxygen atoms in total. The Hall–Kier alpha value is -1.32. The average Bonchev–Trinajstić information content (AvgIpc) is 2.47. The first kappa shape index (κ1) is 15.1. The molecule has 2 aromatic carbocycles. The fraction of sp³-hybridized carbons (Fsp3) is 0.294. The predicted molar refractivity (Wildman–Crippen MR) is 90.2 cm³/mol. The Labute approximate surface area is 129 Å². The van der Waals surface area contributed by atoms with E-state index in [1.807, 2.05) is 7.05 Å². The smallest absolute Gasteiger partial charge is 0.0337 e. The predicted octanol–water partition coefficient (Wildman–Crippen LogP) is 4.17. The number of hydrogen-bond donors (Lipinski definition) is 1. The van der Waals surface area contributed by atoms with E-state index < -0.39 is 0 Å². The van der Waals surface area contributed by atoms with Gasteiger partial charge in [0.2, 0.25) is 0 Å². The Balaban J connectivity index is 1.82. The van der Waals surface area contributed by atoms with Crippen LogP contribution < -0.4 is 5.32 Å². The van der Waals surface area contributed by atoms with Crippen LogP contribution in [0.5, 0.6) is 0 Å². The van der Waals surface area contributed by atoms with E-state index in [1.54, 1.807) is 0 Å². The van der Waals surface area contributed by atoms with Gasteiger partial charge in [-0.05, 0) is 48.9 Å². The molecule has 0 atom stereocenters. The van der Waals surface area contributed by atoms with Gasteiger partial charge < -0.3 is 10.2 Å². The van der Waals surface area contributed by atoms with Gasteiger partial charge in [-0.3, -0.25) is 0 Å². The van der Waals surface area contributed by atoms with Crippen molar-refractivity contribution in [1.82, 2.24) is 4.90 Å². The first-order valence-electron chi connectivity index (χ1n) is 6.87. The van der Waals surface area contributed by atoms with Crippen LogP contribution in [0.4, 0.5) is 5.69 Å². The van der Waals surface area contributed by atoms with Gasteiger partial charge in [-0.25, -0.2) is 0 Å². The third-order valence-corrected chi connectivity index (χ3v) is 3.92. The molecule has 2 rings (SSSR count). The molecule has 0 heterocycles. The summed E-state index contributed by atoms with van der Waals surface area (Å²) in [5.41, 5.74) is 3.89. The molecular formula is C17H21BrN2. The molecule has 0 aliphatic heterocycles. The topological polar surface area (TPSA) is 15.3 Å². The normalized spacial score (nSPS) is 10.8. The molecule has 0 aliphatic rings. The first-order valence-corrected chi connectivity index (χ1v) is 7.66. The van der Waals surface area contributed by atoms with E-state index >= 15 is 0 Å². The van der Waals surface area contributed by atoms with Crippen molar-refractivity contribution in [2.45, 2.75) is 13.0 Å². The van der Waals surface area contributed by atoms with Crippen LogP contribution in [0, 0.1) is 0 Å². The first-order chi connectivity index (χ1) is 9.67. The second-order valence-corrected chi connectivity index (χ2v) is 5.98. The molecule has 0 spiro atoms. The molecule has 0 saturated carbocycles. The fourth-order valence-electron chi connectivity index (χ4n) is 2.14. The van der Waals surface area contributed by atoms with Crippen LogP contribution in [0.1, 0.15) is 11.1 Å². The van der Waals surface area contributed by atoms with Crippen molar-refractivity contribution >= 4 is 21.6 Å². The number of benzene rings is 2. The van der Waals surface area contributed by atoms with Gasteiger partial charge in [0.1, 0.15) is 0 Å². The van der Waals surface area contributed by atoms with Crippen molar-refractivity contribution < 1.29 is 0 Å². The Morgan fingerprint density at radius 3 is 2.15 bits per heavy atom. The summed E-state index contributed by atoms with van der Waals surface area (Å²) in [4.78, 5) is 2.36. The van der Waals surface area contributed by atoms with Crippen LogP contribution in [-0.4, -0.2) is 25.5 Å². The van der Waals surface area contributed by atoms with Gasteiger partial charge in [-0.2, -0.15) is 0 Å². The van der Waals surface area contributed by atoms with Crippen molar-refractivity contribution in [2.75, 3.05) is 26.0 Å². The van der Waals surface area contributed by atoms with Crippen molar-refractivity contribution in [1.29, 1.82) is 0 Å². The van der Waals surface area contributed by atoms with E-state index in [1.165, 1.54) is 11.1 Å². The maximum absolute atomic E-state index is 3.47. The summed E-state index contributed by atoms with van der Waals surface area (Å²) < 4.78 is 1.14. The number of halogens is 1. The highest BCUT2D eigenvalue weighted by Crippen LogP contribution is 2.13. The lowest BCUT2D eigenvalue weighted by atomic mass is 10.1. The number of nitrogens with zero attached hydrogens (tertiary/aromatic N) is 1. The molecule has 0 bridgehead atoms. The van der Waals surface area contributed by atoms with E-state index in [0.29, 0.717) is 0 Å². The van der Waals surface area contributed by atoms with Crippen molar-refractivity contribution in [2.24, 2.45) is 0 Å². The summed E-state index contributed by atoms with van der Waals surface area (Å²) in [5.74, 6) is 0. The highest BCUT2D eigenvalue weighted by Gasteiger charge is 2.01. The monoisotopic (exact) mass is 332 g/mol. The molecule has 0 unspecified atom stereocenters. The molecule has 0 aliphatic carbocycles. The van der Waals surface area contributed by atoms with Gasteiger partial charge in [-0.1, -0.05) is 40.2 Å². The summed E-state index contributed by atoms with van der Waals surface area (Å²) in [6, 6.07) is 17.2. The van der Waals surface area contributed by atoms with Crippen LogP contribution in [-0.2, 0) is 13.0 Å². The van der Waals surface area contributed by atoms with Crippen LogP contribution in [0.25, 0.3) is 0 Å². The molecule has 2 aromatic rings. The SMILES string of the molecule is CNc1ccc(CN(C)CCc2ccc(Br)cc2)cc1. The molecular weight excluding hydrogens is 312 g/mol. The average molecular weight is 333 g/mol. The van der Waals surface area contributed by atoms with Crippen molar-refractivity contribution in [3.8, 4) is 0 Å². The number of rotatable bonds is 6. The van der Waals surface area contributed by atoms with E-state index in [9.17, 15) is 0 Å². The second-order valence-electron chi connectivity index (χ2n) is 5.06. The maximum atomic E-state index is 3.47. The lowest BCUT2D eigenvalue weighted by molar-refractivity contribution is 0.331. The van der Waals surface area contributed by atoms with E-state index in [-0.39, 0.29) is 0 Å². The highest BCUT2D eigenvalue weighted by atomic mass is 79.9. The zero-order chi connectivity index (χ0) is 14.4. The van der Waals surface area contributed by atoms with Gasteiger partial charge in [-0.15, -0.1) is 0 Å². The highest BCUT2D eigenvalue weighted by molar-refractivity contribution is 9.10. The van der Waals surface area contributed by atoms with Gasteiger partial charge in [0.05, 0.1) is 0 Å². The quantitative estimate of drug-likeness (QED) is 0.854. The van der Waals surface area contributed by atoms with Crippen LogP contribution in [0.3, 0.4) is 0 Å². The zero-order valence-corrected chi connectivity index (χ0v) is 13.7. The Morgan fingerprint density at radius 1 is 0.950 bits per heavy atom. The minimum atomic E-state index is 0.987. The molecule has 0 saturated heterocycles. The molecule has 0 aromatic heterocycles. The van der Waals surface area contributed by atoms with Gasteiger partial charge >= 0.3 is 0 Å². The van der Waals surface area contributed by atoms with Crippen LogP contribution in [0.15, 0.2) is 53.0 Å². The molecule has 0 radical (unpaired) electrons. The Kier molecular flexibility index (Phi) is 5.62. The summed E-state index contributed by atoms with van der Waals surface area (Å²) in [7, 11) is 4.12. The molecule has 20 heavy (non-hydrogen) atoms. The van der Waals surface area contributed by atoms with E-state index in [2.05, 4.69) is 81.7 Å². The second kappa shape index (κ2) is 7.46. The minimum absolute atomic E-state index is 0.987. The van der Waals surface area contributed by atoms with Crippen molar-refractivity contribution in [3.05, 3.63) is 64.1 Å². The van der Waals surface area contributed by atoms with Crippen LogP contribution >= 0.6 is 15.9 Å².